The topological polar surface area (TPSA) is 116 Å². The minimum Gasteiger partial charge on any atom is -0.459 e. The summed E-state index contributed by atoms with van der Waals surface area (Å²) in [5.74, 6) is 0.519. The van der Waals surface area contributed by atoms with Gasteiger partial charge >= 0.3 is 11.1 Å². The molecule has 28 heavy (non-hydrogen) atoms. The van der Waals surface area contributed by atoms with Crippen molar-refractivity contribution in [1.29, 1.82) is 0 Å². The molecule has 9 heteroatoms. The molecule has 0 saturated heterocycles. The highest BCUT2D eigenvalue weighted by atomic mass is 32.2. The molecule has 2 N–H and O–H groups in total. The van der Waals surface area contributed by atoms with Gasteiger partial charge in [-0.3, -0.25) is 9.59 Å². The molecule has 1 unspecified atom stereocenters. The normalized spacial score (nSPS) is 13.4. The number of rotatable bonds is 4. The van der Waals surface area contributed by atoms with E-state index in [2.05, 4.69) is 9.97 Å². The Kier molecular flexibility index (Phi) is 4.20. The first-order chi connectivity index (χ1) is 13.3. The molecule has 2 aromatic heterocycles. The first-order valence-electron chi connectivity index (χ1n) is 8.50. The lowest BCUT2D eigenvalue weighted by Gasteiger charge is -2.22. The van der Waals surface area contributed by atoms with E-state index < -0.39 is 27.2 Å². The van der Waals surface area contributed by atoms with Gasteiger partial charge in [0.15, 0.2) is 0 Å². The zero-order valence-electron chi connectivity index (χ0n) is 15.1. The molecule has 8 nitrogen and oxygen atoms in total. The van der Waals surface area contributed by atoms with Gasteiger partial charge in [-0.2, -0.15) is 4.31 Å². The van der Waals surface area contributed by atoms with Crippen LogP contribution in [0.3, 0.4) is 0 Å². The molecule has 0 aliphatic carbocycles. The van der Waals surface area contributed by atoms with E-state index in [0.29, 0.717) is 16.9 Å². The first-order valence-corrected chi connectivity index (χ1v) is 9.94. The van der Waals surface area contributed by atoms with Gasteiger partial charge in [0.25, 0.3) is 0 Å². The number of nitrogens with zero attached hydrogens (tertiary/aromatic N) is 1. The van der Waals surface area contributed by atoms with Gasteiger partial charge in [0.2, 0.25) is 10.0 Å². The molecule has 1 atom stereocenters. The molecule has 0 aliphatic rings. The maximum absolute atomic E-state index is 13.1. The molecule has 0 radical (unpaired) electrons. The van der Waals surface area contributed by atoms with Crippen molar-refractivity contribution in [3.05, 3.63) is 75.0 Å². The molecule has 0 fully saturated rings. The third kappa shape index (κ3) is 2.94. The van der Waals surface area contributed by atoms with E-state index in [1.165, 1.54) is 29.6 Å². The molecule has 144 valence electrons. The smallest absolute Gasteiger partial charge is 0.314 e. The van der Waals surface area contributed by atoms with Crippen LogP contribution in [0.15, 0.2) is 67.4 Å². The molecular formula is C19H17N3O5S. The van der Waals surface area contributed by atoms with Crippen molar-refractivity contribution in [3.63, 3.8) is 0 Å². The van der Waals surface area contributed by atoms with Crippen molar-refractivity contribution in [2.24, 2.45) is 0 Å². The fraction of sp³-hybridized carbons (Fsp3) is 0.158. The predicted octanol–water partition coefficient (Wildman–Crippen LogP) is 2.34. The number of H-pyrrole nitrogens is 2. The van der Waals surface area contributed by atoms with Crippen LogP contribution in [-0.4, -0.2) is 29.7 Å². The predicted molar refractivity (Wildman–Crippen MR) is 105 cm³/mol. The van der Waals surface area contributed by atoms with Crippen LogP contribution < -0.4 is 11.1 Å². The summed E-state index contributed by atoms with van der Waals surface area (Å²) in [7, 11) is -2.41. The lowest BCUT2D eigenvalue weighted by Crippen LogP contribution is -2.30. The van der Waals surface area contributed by atoms with Gasteiger partial charge in [-0.25, -0.2) is 8.42 Å². The highest BCUT2D eigenvalue weighted by Crippen LogP contribution is 2.30. The summed E-state index contributed by atoms with van der Waals surface area (Å²) in [6, 6.07) is 12.9. The summed E-state index contributed by atoms with van der Waals surface area (Å²) in [6.07, 6.45) is 0. The van der Waals surface area contributed by atoms with Crippen molar-refractivity contribution in [2.75, 3.05) is 7.05 Å². The number of furan rings is 1. The zero-order chi connectivity index (χ0) is 20.1. The third-order valence-electron chi connectivity index (χ3n) is 4.77. The summed E-state index contributed by atoms with van der Waals surface area (Å²) >= 11 is 0. The second kappa shape index (κ2) is 6.47. The number of aromatic nitrogens is 2. The number of hydrogen-bond acceptors (Lipinski definition) is 5. The van der Waals surface area contributed by atoms with Crippen LogP contribution >= 0.6 is 0 Å². The number of fused-ring (bicyclic) bond motifs is 2. The van der Waals surface area contributed by atoms with Gasteiger partial charge in [0.05, 0.1) is 22.0 Å². The molecule has 0 saturated carbocycles. The maximum Gasteiger partial charge on any atom is 0.314 e. The fourth-order valence-electron chi connectivity index (χ4n) is 3.02. The molecule has 4 aromatic rings. The minimum absolute atomic E-state index is 0.00633. The second-order valence-electron chi connectivity index (χ2n) is 6.50. The van der Waals surface area contributed by atoms with Gasteiger partial charge in [-0.1, -0.05) is 18.2 Å². The summed E-state index contributed by atoms with van der Waals surface area (Å²) in [5, 5.41) is 0.891. The monoisotopic (exact) mass is 399 g/mol. The van der Waals surface area contributed by atoms with Crippen molar-refractivity contribution >= 4 is 32.0 Å². The van der Waals surface area contributed by atoms with Crippen LogP contribution in [0.5, 0.6) is 0 Å². The highest BCUT2D eigenvalue weighted by Gasteiger charge is 2.28. The number of benzene rings is 2. The van der Waals surface area contributed by atoms with Crippen molar-refractivity contribution in [3.8, 4) is 0 Å². The molecule has 0 aliphatic heterocycles. The average Bonchev–Trinajstić information content (AvgIpc) is 3.11. The molecular weight excluding hydrogens is 382 g/mol. The molecule has 4 rings (SSSR count). The molecule has 0 bridgehead atoms. The Balaban J connectivity index is 1.74. The van der Waals surface area contributed by atoms with E-state index in [4.69, 9.17) is 4.42 Å². The Bertz CT molecular complexity index is 1380. The van der Waals surface area contributed by atoms with Crippen LogP contribution in [0, 0.1) is 0 Å². The Morgan fingerprint density at radius 3 is 2.36 bits per heavy atom. The molecule has 2 aromatic carbocycles. The van der Waals surface area contributed by atoms with E-state index in [9.17, 15) is 18.0 Å². The van der Waals surface area contributed by atoms with E-state index in [-0.39, 0.29) is 10.4 Å². The second-order valence-corrected chi connectivity index (χ2v) is 8.50. The average molecular weight is 399 g/mol. The fourth-order valence-corrected chi connectivity index (χ4v) is 4.38. The Morgan fingerprint density at radius 1 is 0.964 bits per heavy atom. The molecule has 0 amide bonds. The van der Waals surface area contributed by atoms with Gasteiger partial charge in [-0.05, 0) is 37.3 Å². The number of nitrogens with one attached hydrogen (secondary N) is 2. The summed E-state index contributed by atoms with van der Waals surface area (Å²) in [5.41, 5.74) is -0.376. The van der Waals surface area contributed by atoms with Crippen molar-refractivity contribution < 1.29 is 12.8 Å². The van der Waals surface area contributed by atoms with E-state index in [1.807, 2.05) is 30.3 Å². The SMILES string of the molecule is CC(c1cc2ccccc2o1)N(C)S(=O)(=O)c1ccc2[nH]c(=O)c(=O)[nH]c2c1. The maximum atomic E-state index is 13.1. The van der Waals surface area contributed by atoms with Crippen LogP contribution in [-0.2, 0) is 10.0 Å². The quantitative estimate of drug-likeness (QED) is 0.511. The Morgan fingerprint density at radius 2 is 1.64 bits per heavy atom. The van der Waals surface area contributed by atoms with Crippen molar-refractivity contribution in [2.45, 2.75) is 17.9 Å². The summed E-state index contributed by atoms with van der Waals surface area (Å²) < 4.78 is 33.1. The van der Waals surface area contributed by atoms with Gasteiger partial charge < -0.3 is 14.4 Å². The van der Waals surface area contributed by atoms with Crippen molar-refractivity contribution in [1.82, 2.24) is 14.3 Å². The Labute approximate surface area is 159 Å². The van der Waals surface area contributed by atoms with E-state index >= 15 is 0 Å². The van der Waals surface area contributed by atoms with Gasteiger partial charge in [0, 0.05) is 12.4 Å². The van der Waals surface area contributed by atoms with E-state index in [0.717, 1.165) is 5.39 Å². The summed E-state index contributed by atoms with van der Waals surface area (Å²) in [6.45, 7) is 1.73. The van der Waals surface area contributed by atoms with Crippen LogP contribution in [0.25, 0.3) is 22.0 Å². The van der Waals surface area contributed by atoms with Crippen LogP contribution in [0.1, 0.15) is 18.7 Å². The number of hydrogen-bond donors (Lipinski definition) is 2. The van der Waals surface area contributed by atoms with Gasteiger partial charge in [0.1, 0.15) is 11.3 Å². The van der Waals surface area contributed by atoms with E-state index in [1.54, 1.807) is 6.92 Å². The largest absolute Gasteiger partial charge is 0.459 e. The third-order valence-corrected chi connectivity index (χ3v) is 6.70. The summed E-state index contributed by atoms with van der Waals surface area (Å²) in [4.78, 5) is 27.7. The standard InChI is InChI=1S/C19H17N3O5S/c1-11(17-9-12-5-3-4-6-16(12)27-17)22(2)28(25,26)13-7-8-14-15(10-13)21-19(24)18(23)20-14/h3-11H,1-2H3,(H,20,23)(H,21,24). The highest BCUT2D eigenvalue weighted by molar-refractivity contribution is 7.89. The van der Waals surface area contributed by atoms with Gasteiger partial charge in [-0.15, -0.1) is 0 Å². The van der Waals surface area contributed by atoms with Crippen LogP contribution in [0.4, 0.5) is 0 Å². The number of sulfonamides is 1. The van der Waals surface area contributed by atoms with Crippen LogP contribution in [0.2, 0.25) is 0 Å². The number of aromatic amines is 2. The lowest BCUT2D eigenvalue weighted by atomic mass is 10.2. The first kappa shape index (κ1) is 18.2. The zero-order valence-corrected chi connectivity index (χ0v) is 15.9. The Hall–Kier alpha value is -3.17. The molecule has 2 heterocycles. The lowest BCUT2D eigenvalue weighted by molar-refractivity contribution is 0.348. The molecule has 0 spiro atoms. The number of para-hydroxylation sites is 1. The minimum atomic E-state index is -3.88.